The van der Waals surface area contributed by atoms with E-state index in [2.05, 4.69) is 15.9 Å². The maximum Gasteiger partial charge on any atom is 0.303 e. The van der Waals surface area contributed by atoms with Crippen molar-refractivity contribution in [1.82, 2.24) is 4.90 Å². The Bertz CT molecular complexity index is 1020. The second kappa shape index (κ2) is 9.87. The van der Waals surface area contributed by atoms with Gasteiger partial charge in [0.1, 0.15) is 11.6 Å². The van der Waals surface area contributed by atoms with Crippen LogP contribution in [0.15, 0.2) is 58.6 Å². The zero-order valence-corrected chi connectivity index (χ0v) is 18.1. The average molecular weight is 490 g/mol. The maximum absolute atomic E-state index is 13.3. The molecular formula is C23H21BrFNO5. The Hall–Kier alpha value is -3.00. The summed E-state index contributed by atoms with van der Waals surface area (Å²) in [7, 11) is 0. The first kappa shape index (κ1) is 22.7. The summed E-state index contributed by atoms with van der Waals surface area (Å²) < 4.78 is 14.1. The van der Waals surface area contributed by atoms with Gasteiger partial charge in [0.2, 0.25) is 0 Å². The SMILES string of the molecule is O=C(O)CCCCCN1C(=O)C(=O)/C(=C(/O)c2ccc(F)cc2)C1c1ccc(Br)cc1. The number of carboxylic acid groups (broad SMARTS) is 1. The van der Waals surface area contributed by atoms with Crippen molar-refractivity contribution in [2.24, 2.45) is 0 Å². The summed E-state index contributed by atoms with van der Waals surface area (Å²) in [5, 5.41) is 19.6. The van der Waals surface area contributed by atoms with E-state index in [4.69, 9.17) is 5.11 Å². The number of Topliss-reactive ketones (excluding diaryl/α,β-unsaturated/α-hetero) is 1. The summed E-state index contributed by atoms with van der Waals surface area (Å²) in [4.78, 5) is 37.7. The van der Waals surface area contributed by atoms with E-state index in [1.54, 1.807) is 24.3 Å². The van der Waals surface area contributed by atoms with E-state index in [1.165, 1.54) is 29.2 Å². The van der Waals surface area contributed by atoms with Gasteiger partial charge in [0.05, 0.1) is 11.6 Å². The highest BCUT2D eigenvalue weighted by Gasteiger charge is 2.45. The Balaban J connectivity index is 1.96. The Morgan fingerprint density at radius 2 is 1.61 bits per heavy atom. The fourth-order valence-corrected chi connectivity index (χ4v) is 3.87. The van der Waals surface area contributed by atoms with Crippen molar-refractivity contribution in [3.05, 3.63) is 75.5 Å². The van der Waals surface area contributed by atoms with E-state index >= 15 is 0 Å². The van der Waals surface area contributed by atoms with Crippen LogP contribution in [0.1, 0.15) is 42.9 Å². The monoisotopic (exact) mass is 489 g/mol. The van der Waals surface area contributed by atoms with Crippen LogP contribution < -0.4 is 0 Å². The zero-order valence-electron chi connectivity index (χ0n) is 16.6. The van der Waals surface area contributed by atoms with Gasteiger partial charge in [-0.15, -0.1) is 0 Å². The second-order valence-electron chi connectivity index (χ2n) is 7.26. The van der Waals surface area contributed by atoms with Crippen LogP contribution in [0.25, 0.3) is 5.76 Å². The number of carbonyl (C=O) groups excluding carboxylic acids is 2. The van der Waals surface area contributed by atoms with Gasteiger partial charge < -0.3 is 15.1 Å². The van der Waals surface area contributed by atoms with E-state index in [-0.39, 0.29) is 29.9 Å². The molecule has 2 N–H and O–H groups in total. The van der Waals surface area contributed by atoms with Gasteiger partial charge in [0, 0.05) is 23.0 Å². The predicted molar refractivity (Wildman–Crippen MR) is 116 cm³/mol. The van der Waals surface area contributed by atoms with Crippen LogP contribution in [0.3, 0.4) is 0 Å². The molecule has 0 bridgehead atoms. The highest BCUT2D eigenvalue weighted by molar-refractivity contribution is 9.10. The molecule has 8 heteroatoms. The number of carbonyl (C=O) groups is 3. The molecule has 0 aliphatic carbocycles. The first-order valence-electron chi connectivity index (χ1n) is 9.81. The lowest BCUT2D eigenvalue weighted by Crippen LogP contribution is -2.30. The minimum Gasteiger partial charge on any atom is -0.507 e. The lowest BCUT2D eigenvalue weighted by atomic mass is 9.95. The first-order valence-corrected chi connectivity index (χ1v) is 10.6. The number of rotatable bonds is 8. The van der Waals surface area contributed by atoms with E-state index in [9.17, 15) is 23.9 Å². The van der Waals surface area contributed by atoms with Gasteiger partial charge in [-0.1, -0.05) is 34.5 Å². The normalized spacial score (nSPS) is 17.9. The lowest BCUT2D eigenvalue weighted by molar-refractivity contribution is -0.140. The minimum absolute atomic E-state index is 0.0412. The summed E-state index contributed by atoms with van der Waals surface area (Å²) in [6, 6.07) is 11.3. The fraction of sp³-hybridized carbons (Fsp3) is 0.261. The predicted octanol–water partition coefficient (Wildman–Crippen LogP) is 4.65. The molecule has 0 spiro atoms. The van der Waals surface area contributed by atoms with Crippen LogP contribution in [-0.2, 0) is 14.4 Å². The Kier molecular flexibility index (Phi) is 7.22. The molecule has 1 saturated heterocycles. The number of carboxylic acids is 1. The average Bonchev–Trinajstić information content (AvgIpc) is 2.99. The summed E-state index contributed by atoms with van der Waals surface area (Å²) in [6.45, 7) is 0.241. The number of amides is 1. The largest absolute Gasteiger partial charge is 0.507 e. The summed E-state index contributed by atoms with van der Waals surface area (Å²) >= 11 is 3.36. The number of aliphatic carboxylic acids is 1. The van der Waals surface area contributed by atoms with Gasteiger partial charge in [-0.2, -0.15) is 0 Å². The van der Waals surface area contributed by atoms with Crippen LogP contribution >= 0.6 is 15.9 Å². The number of hydrogen-bond acceptors (Lipinski definition) is 4. The molecule has 1 aliphatic heterocycles. The van der Waals surface area contributed by atoms with Crippen LogP contribution in [0.4, 0.5) is 4.39 Å². The number of ketones is 1. The van der Waals surface area contributed by atoms with Gasteiger partial charge in [-0.25, -0.2) is 4.39 Å². The van der Waals surface area contributed by atoms with Gasteiger partial charge in [-0.05, 0) is 54.8 Å². The number of nitrogens with zero attached hydrogens (tertiary/aromatic N) is 1. The standard InChI is InChI=1S/C23H21BrFNO5/c24-16-9-5-14(6-10-16)20-19(21(29)15-7-11-17(25)12-8-15)22(30)23(31)26(20)13-3-1-2-4-18(27)28/h5-12,20,29H,1-4,13H2,(H,27,28)/b21-19+. The molecule has 1 amide bonds. The molecule has 0 radical (unpaired) electrons. The molecular weight excluding hydrogens is 469 g/mol. The van der Waals surface area contributed by atoms with E-state index < -0.39 is 29.5 Å². The van der Waals surface area contributed by atoms with Crippen molar-refractivity contribution in [3.63, 3.8) is 0 Å². The van der Waals surface area contributed by atoms with E-state index in [1.807, 2.05) is 0 Å². The Labute approximate surface area is 187 Å². The van der Waals surface area contributed by atoms with Gasteiger partial charge in [0.25, 0.3) is 11.7 Å². The Morgan fingerprint density at radius 1 is 0.968 bits per heavy atom. The number of aliphatic hydroxyl groups excluding tert-OH is 1. The number of benzene rings is 2. The maximum atomic E-state index is 13.3. The number of unbranched alkanes of at least 4 members (excludes halogenated alkanes) is 2. The molecule has 1 aliphatic rings. The highest BCUT2D eigenvalue weighted by Crippen LogP contribution is 2.39. The third kappa shape index (κ3) is 5.19. The van der Waals surface area contributed by atoms with Crippen LogP contribution in [-0.4, -0.2) is 39.3 Å². The van der Waals surface area contributed by atoms with Gasteiger partial charge >= 0.3 is 5.97 Å². The highest BCUT2D eigenvalue weighted by atomic mass is 79.9. The van der Waals surface area contributed by atoms with Gasteiger partial charge in [-0.3, -0.25) is 14.4 Å². The molecule has 3 rings (SSSR count). The molecule has 2 aromatic carbocycles. The number of likely N-dealkylation sites (tertiary alicyclic amines) is 1. The smallest absolute Gasteiger partial charge is 0.303 e. The van der Waals surface area contributed by atoms with Gasteiger partial charge in [0.15, 0.2) is 0 Å². The molecule has 1 heterocycles. The van der Waals surface area contributed by atoms with Crippen molar-refractivity contribution in [3.8, 4) is 0 Å². The molecule has 162 valence electrons. The summed E-state index contributed by atoms with van der Waals surface area (Å²) in [5.41, 5.74) is 0.837. The quantitative estimate of drug-likeness (QED) is 0.243. The first-order chi connectivity index (χ1) is 14.8. The molecule has 0 saturated carbocycles. The molecule has 31 heavy (non-hydrogen) atoms. The van der Waals surface area contributed by atoms with Crippen molar-refractivity contribution in [1.29, 1.82) is 0 Å². The third-order valence-electron chi connectivity index (χ3n) is 5.13. The number of aliphatic hydroxyl groups is 1. The van der Waals surface area contributed by atoms with Crippen LogP contribution in [0.2, 0.25) is 0 Å². The summed E-state index contributed by atoms with van der Waals surface area (Å²) in [6.07, 6.45) is 1.61. The van der Waals surface area contributed by atoms with Crippen LogP contribution in [0, 0.1) is 5.82 Å². The molecule has 2 aromatic rings. The second-order valence-corrected chi connectivity index (χ2v) is 8.17. The Morgan fingerprint density at radius 3 is 2.23 bits per heavy atom. The van der Waals surface area contributed by atoms with Crippen LogP contribution in [0.5, 0.6) is 0 Å². The number of hydrogen-bond donors (Lipinski definition) is 2. The van der Waals surface area contributed by atoms with Crippen molar-refractivity contribution in [2.45, 2.75) is 31.7 Å². The van der Waals surface area contributed by atoms with Crippen molar-refractivity contribution >= 4 is 39.3 Å². The fourth-order valence-electron chi connectivity index (χ4n) is 3.60. The van der Waals surface area contributed by atoms with Crippen molar-refractivity contribution in [2.75, 3.05) is 6.54 Å². The third-order valence-corrected chi connectivity index (χ3v) is 5.66. The molecule has 1 fully saturated rings. The van der Waals surface area contributed by atoms with E-state index in [0.29, 0.717) is 24.8 Å². The minimum atomic E-state index is -0.880. The van der Waals surface area contributed by atoms with Crippen molar-refractivity contribution < 1.29 is 29.0 Å². The van der Waals surface area contributed by atoms with E-state index in [0.717, 1.165) is 4.47 Å². The topological polar surface area (TPSA) is 94.9 Å². The molecule has 6 nitrogen and oxygen atoms in total. The molecule has 1 unspecified atom stereocenters. The zero-order chi connectivity index (χ0) is 22.5. The summed E-state index contributed by atoms with van der Waals surface area (Å²) in [5.74, 6) is -3.26. The molecule has 0 aromatic heterocycles. The number of halogens is 2. The lowest BCUT2D eigenvalue weighted by Gasteiger charge is -2.25. The molecule has 1 atom stereocenters.